The van der Waals surface area contributed by atoms with E-state index in [9.17, 15) is 13.6 Å². The summed E-state index contributed by atoms with van der Waals surface area (Å²) in [5, 5.41) is 9.14. The molecule has 110 valence electrons. The van der Waals surface area contributed by atoms with Gasteiger partial charge >= 0.3 is 0 Å². The molecule has 0 spiro atoms. The van der Waals surface area contributed by atoms with Crippen LogP contribution in [0, 0.1) is 28.1 Å². The number of likely N-dealkylation sites (tertiary alicyclic amines) is 1. The lowest BCUT2D eigenvalue weighted by Gasteiger charge is -2.53. The number of ketones is 1. The molecule has 1 aliphatic carbocycles. The number of Topliss-reactive ketones (excluding diaryl/α,β-unsaturated/α-hetero) is 1. The van der Waals surface area contributed by atoms with Gasteiger partial charge in [-0.25, -0.2) is 8.78 Å². The van der Waals surface area contributed by atoms with Crippen molar-refractivity contribution in [1.29, 1.82) is 5.26 Å². The van der Waals surface area contributed by atoms with Crippen LogP contribution in [0.15, 0.2) is 11.6 Å². The molecule has 0 bridgehead atoms. The van der Waals surface area contributed by atoms with Gasteiger partial charge in [-0.3, -0.25) is 9.69 Å². The van der Waals surface area contributed by atoms with Gasteiger partial charge in [0.2, 0.25) is 0 Å². The number of hydrogen-bond acceptors (Lipinski definition) is 3. The highest BCUT2D eigenvalue weighted by Crippen LogP contribution is 2.51. The summed E-state index contributed by atoms with van der Waals surface area (Å²) in [6.45, 7) is 6.52. The van der Waals surface area contributed by atoms with Gasteiger partial charge in [0.25, 0.3) is 6.43 Å². The van der Waals surface area contributed by atoms with Gasteiger partial charge < -0.3 is 0 Å². The average Bonchev–Trinajstić information content (AvgIpc) is 2.32. The highest BCUT2D eigenvalue weighted by Gasteiger charge is 2.53. The van der Waals surface area contributed by atoms with Crippen molar-refractivity contribution in [3.05, 3.63) is 11.6 Å². The molecule has 0 saturated carbocycles. The Kier molecular flexibility index (Phi) is 3.72. The molecule has 0 amide bonds. The summed E-state index contributed by atoms with van der Waals surface area (Å²) in [5.74, 6) is -0.0293. The lowest BCUT2D eigenvalue weighted by Crippen LogP contribution is -2.56. The maximum Gasteiger partial charge on any atom is 0.251 e. The zero-order valence-electron chi connectivity index (χ0n) is 12.1. The summed E-state index contributed by atoms with van der Waals surface area (Å²) >= 11 is 0. The molecule has 1 heterocycles. The molecule has 1 fully saturated rings. The Bertz CT molecular complexity index is 493. The number of carbonyl (C=O) groups is 1. The number of piperidine rings is 1. The second-order valence-corrected chi connectivity index (χ2v) is 6.69. The van der Waals surface area contributed by atoms with E-state index in [0.29, 0.717) is 19.5 Å². The Labute approximate surface area is 118 Å². The minimum atomic E-state index is -2.35. The van der Waals surface area contributed by atoms with Crippen LogP contribution in [0.5, 0.6) is 0 Å². The summed E-state index contributed by atoms with van der Waals surface area (Å²) < 4.78 is 25.1. The summed E-state index contributed by atoms with van der Waals surface area (Å²) in [6.07, 6.45) is 0.0628. The Hall–Kier alpha value is -1.28. The zero-order chi connectivity index (χ0) is 15.1. The highest BCUT2D eigenvalue weighted by atomic mass is 19.3. The fourth-order valence-electron chi connectivity index (χ4n) is 3.98. The van der Waals surface area contributed by atoms with Crippen LogP contribution in [0.4, 0.5) is 8.78 Å². The fourth-order valence-corrected chi connectivity index (χ4v) is 3.98. The van der Waals surface area contributed by atoms with Gasteiger partial charge in [0, 0.05) is 17.4 Å². The molecule has 0 aromatic carbocycles. The largest absolute Gasteiger partial charge is 0.297 e. The highest BCUT2D eigenvalue weighted by molar-refractivity contribution is 6.04. The Morgan fingerprint density at radius 3 is 2.70 bits per heavy atom. The molecule has 2 aliphatic rings. The van der Waals surface area contributed by atoms with Gasteiger partial charge in [0.15, 0.2) is 5.78 Å². The number of carbonyl (C=O) groups excluding carboxylic acids is 1. The van der Waals surface area contributed by atoms with Crippen molar-refractivity contribution in [3.8, 4) is 6.07 Å². The fraction of sp³-hybridized carbons (Fsp3) is 0.733. The van der Waals surface area contributed by atoms with Crippen LogP contribution in [0.2, 0.25) is 0 Å². The first kappa shape index (κ1) is 15.1. The molecule has 5 heteroatoms. The van der Waals surface area contributed by atoms with Crippen LogP contribution in [0.1, 0.15) is 27.2 Å². The van der Waals surface area contributed by atoms with Crippen LogP contribution < -0.4 is 0 Å². The van der Waals surface area contributed by atoms with Crippen LogP contribution in [0.25, 0.3) is 0 Å². The first-order chi connectivity index (χ1) is 9.20. The topological polar surface area (TPSA) is 44.1 Å². The van der Waals surface area contributed by atoms with Gasteiger partial charge in [0.05, 0.1) is 12.1 Å². The number of hydrogen-bond donors (Lipinski definition) is 0. The lowest BCUT2D eigenvalue weighted by atomic mass is 9.55. The lowest BCUT2D eigenvalue weighted by molar-refractivity contribution is -0.132. The molecule has 2 rings (SSSR count). The van der Waals surface area contributed by atoms with Crippen molar-refractivity contribution in [1.82, 2.24) is 4.90 Å². The number of halogens is 2. The number of allylic oxidation sites excluding steroid dienone is 1. The van der Waals surface area contributed by atoms with E-state index in [2.05, 4.69) is 0 Å². The van der Waals surface area contributed by atoms with E-state index in [-0.39, 0.29) is 23.8 Å². The third-order valence-electron chi connectivity index (χ3n) is 4.79. The molecule has 0 aromatic rings. The molecule has 0 N–H and O–H groups in total. The van der Waals surface area contributed by atoms with Crippen molar-refractivity contribution < 1.29 is 13.6 Å². The predicted molar refractivity (Wildman–Crippen MR) is 71.1 cm³/mol. The van der Waals surface area contributed by atoms with Gasteiger partial charge in [-0.1, -0.05) is 26.8 Å². The molecule has 0 radical (unpaired) electrons. The molecule has 1 saturated heterocycles. The maximum absolute atomic E-state index is 12.6. The van der Waals surface area contributed by atoms with Crippen LogP contribution in [-0.2, 0) is 4.79 Å². The second kappa shape index (κ2) is 4.92. The van der Waals surface area contributed by atoms with Gasteiger partial charge in [0.1, 0.15) is 6.07 Å². The van der Waals surface area contributed by atoms with E-state index in [4.69, 9.17) is 5.26 Å². The van der Waals surface area contributed by atoms with Crippen molar-refractivity contribution >= 4 is 5.78 Å². The standard InChI is InChI=1S/C15H20F2N2O/c1-14(2)11-4-5-19(8-12(16)17)9-15(11,3)6-10(7-18)13(14)20/h6,11-12H,4-5,8-9H2,1-3H3/t11-,15+/m1/s1. The van der Waals surface area contributed by atoms with E-state index < -0.39 is 17.3 Å². The normalized spacial score (nSPS) is 33.5. The van der Waals surface area contributed by atoms with Crippen LogP contribution >= 0.6 is 0 Å². The summed E-state index contributed by atoms with van der Waals surface area (Å²) in [4.78, 5) is 14.0. The third-order valence-corrected chi connectivity index (χ3v) is 4.79. The number of alkyl halides is 2. The Balaban J connectivity index is 2.35. The van der Waals surface area contributed by atoms with E-state index in [1.165, 1.54) is 0 Å². The van der Waals surface area contributed by atoms with Crippen molar-refractivity contribution in [2.45, 2.75) is 33.6 Å². The molecule has 2 atom stereocenters. The maximum atomic E-state index is 12.6. The molecule has 1 aliphatic heterocycles. The van der Waals surface area contributed by atoms with Crippen molar-refractivity contribution in [2.24, 2.45) is 16.7 Å². The molecule has 20 heavy (non-hydrogen) atoms. The Morgan fingerprint density at radius 2 is 2.15 bits per heavy atom. The SMILES string of the molecule is CC1(C)C(=O)C(C#N)=C[C@@]2(C)CN(CC(F)F)CC[C@H]12. The summed E-state index contributed by atoms with van der Waals surface area (Å²) in [5.41, 5.74) is -0.825. The molecule has 0 aromatic heterocycles. The van der Waals surface area contributed by atoms with E-state index in [0.717, 1.165) is 0 Å². The average molecular weight is 282 g/mol. The van der Waals surface area contributed by atoms with Crippen LogP contribution in [-0.4, -0.2) is 36.7 Å². The van der Waals surface area contributed by atoms with E-state index >= 15 is 0 Å². The smallest absolute Gasteiger partial charge is 0.251 e. The number of nitriles is 1. The molecular weight excluding hydrogens is 262 g/mol. The van der Waals surface area contributed by atoms with Crippen LogP contribution in [0.3, 0.4) is 0 Å². The summed E-state index contributed by atoms with van der Waals surface area (Å²) in [7, 11) is 0. The van der Waals surface area contributed by atoms with Gasteiger partial charge in [-0.2, -0.15) is 5.26 Å². The number of fused-ring (bicyclic) bond motifs is 1. The van der Waals surface area contributed by atoms with Gasteiger partial charge in [-0.15, -0.1) is 0 Å². The molecule has 3 nitrogen and oxygen atoms in total. The first-order valence-electron chi connectivity index (χ1n) is 6.89. The van der Waals surface area contributed by atoms with E-state index in [1.807, 2.05) is 26.8 Å². The second-order valence-electron chi connectivity index (χ2n) is 6.69. The quantitative estimate of drug-likeness (QED) is 0.782. The van der Waals surface area contributed by atoms with Crippen molar-refractivity contribution in [2.75, 3.05) is 19.6 Å². The van der Waals surface area contributed by atoms with Gasteiger partial charge in [-0.05, 0) is 18.9 Å². The minimum absolute atomic E-state index is 0.0912. The van der Waals surface area contributed by atoms with Crippen molar-refractivity contribution in [3.63, 3.8) is 0 Å². The first-order valence-corrected chi connectivity index (χ1v) is 6.89. The zero-order valence-corrected chi connectivity index (χ0v) is 12.1. The summed E-state index contributed by atoms with van der Waals surface area (Å²) in [6, 6.07) is 1.97. The molecular formula is C15H20F2N2O. The predicted octanol–water partition coefficient (Wildman–Crippen LogP) is 2.64. The third kappa shape index (κ3) is 2.37. The monoisotopic (exact) mass is 282 g/mol. The Morgan fingerprint density at radius 1 is 1.50 bits per heavy atom. The minimum Gasteiger partial charge on any atom is -0.297 e. The number of rotatable bonds is 2. The number of nitrogens with zero attached hydrogens (tertiary/aromatic N) is 2. The van der Waals surface area contributed by atoms with E-state index in [1.54, 1.807) is 11.0 Å². The molecule has 0 unspecified atom stereocenters.